The lowest BCUT2D eigenvalue weighted by atomic mass is 9.69. The van der Waals surface area contributed by atoms with E-state index in [0.717, 1.165) is 19.5 Å². The Morgan fingerprint density at radius 3 is 2.42 bits per heavy atom. The molecule has 1 aliphatic carbocycles. The molecule has 2 unspecified atom stereocenters. The van der Waals surface area contributed by atoms with Crippen LogP contribution in [0.2, 0.25) is 0 Å². The lowest BCUT2D eigenvalue weighted by Gasteiger charge is -2.41. The Morgan fingerprint density at radius 2 is 1.84 bits per heavy atom. The molecule has 0 bridgehead atoms. The van der Waals surface area contributed by atoms with Crippen molar-refractivity contribution < 1.29 is 4.79 Å². The second-order valence-electron chi connectivity index (χ2n) is 7.61. The second kappa shape index (κ2) is 5.82. The van der Waals surface area contributed by atoms with E-state index in [-0.39, 0.29) is 17.2 Å². The lowest BCUT2D eigenvalue weighted by Crippen LogP contribution is -2.49. The smallest absolute Gasteiger partial charge is 0.224 e. The zero-order valence-corrected chi connectivity index (χ0v) is 13.0. The standard InChI is InChI=1S/C16H30N2O/c1-11-9-17-10-12(11)15(19)18-14-8-6-5-7-13(14)16(2,3)4/h11-14,17H,5-10H2,1-4H3,(H,18,19)/t11-,12-,13?,14?/m1/s1. The molecule has 1 aliphatic heterocycles. The molecule has 2 rings (SSSR count). The second-order valence-corrected chi connectivity index (χ2v) is 7.61. The number of carbonyl (C=O) groups is 1. The van der Waals surface area contributed by atoms with Crippen LogP contribution in [0.25, 0.3) is 0 Å². The van der Waals surface area contributed by atoms with Crippen molar-refractivity contribution >= 4 is 5.91 Å². The van der Waals surface area contributed by atoms with Crippen molar-refractivity contribution in [2.45, 2.75) is 59.4 Å². The summed E-state index contributed by atoms with van der Waals surface area (Å²) in [5.74, 6) is 1.53. The largest absolute Gasteiger partial charge is 0.353 e. The van der Waals surface area contributed by atoms with Crippen LogP contribution in [0.5, 0.6) is 0 Å². The van der Waals surface area contributed by atoms with Gasteiger partial charge < -0.3 is 10.6 Å². The summed E-state index contributed by atoms with van der Waals surface area (Å²) >= 11 is 0. The van der Waals surface area contributed by atoms with E-state index in [2.05, 4.69) is 38.3 Å². The van der Waals surface area contributed by atoms with Crippen LogP contribution in [-0.4, -0.2) is 25.0 Å². The minimum absolute atomic E-state index is 0.169. The average Bonchev–Trinajstić information content (AvgIpc) is 2.75. The molecule has 1 heterocycles. The molecule has 0 aromatic heterocycles. The van der Waals surface area contributed by atoms with E-state index >= 15 is 0 Å². The molecule has 2 aliphatic rings. The highest BCUT2D eigenvalue weighted by atomic mass is 16.2. The molecule has 0 aromatic carbocycles. The Labute approximate surface area is 117 Å². The van der Waals surface area contributed by atoms with Crippen LogP contribution in [0.1, 0.15) is 53.4 Å². The molecule has 1 amide bonds. The van der Waals surface area contributed by atoms with Gasteiger partial charge in [0, 0.05) is 12.6 Å². The van der Waals surface area contributed by atoms with Crippen molar-refractivity contribution in [1.29, 1.82) is 0 Å². The summed E-state index contributed by atoms with van der Waals surface area (Å²) in [7, 11) is 0. The highest BCUT2D eigenvalue weighted by molar-refractivity contribution is 5.79. The molecular formula is C16H30N2O. The maximum Gasteiger partial charge on any atom is 0.224 e. The van der Waals surface area contributed by atoms with Gasteiger partial charge in [-0.05, 0) is 36.6 Å². The van der Waals surface area contributed by atoms with Crippen LogP contribution in [0.3, 0.4) is 0 Å². The molecule has 0 radical (unpaired) electrons. The summed E-state index contributed by atoms with van der Waals surface area (Å²) < 4.78 is 0. The van der Waals surface area contributed by atoms with Gasteiger partial charge in [0.25, 0.3) is 0 Å². The Bertz CT molecular complexity index is 321. The van der Waals surface area contributed by atoms with Gasteiger partial charge in [0.05, 0.1) is 5.92 Å². The summed E-state index contributed by atoms with van der Waals surface area (Å²) in [5.41, 5.74) is 0.290. The SMILES string of the molecule is C[C@@H]1CNC[C@H]1C(=O)NC1CCCCC1C(C)(C)C. The van der Waals surface area contributed by atoms with Crippen molar-refractivity contribution in [2.75, 3.05) is 13.1 Å². The molecule has 4 atom stereocenters. The van der Waals surface area contributed by atoms with Gasteiger partial charge in [0.15, 0.2) is 0 Å². The van der Waals surface area contributed by atoms with Crippen LogP contribution in [0.4, 0.5) is 0 Å². The van der Waals surface area contributed by atoms with E-state index in [1.807, 2.05) is 0 Å². The van der Waals surface area contributed by atoms with Gasteiger partial charge in [-0.25, -0.2) is 0 Å². The zero-order valence-electron chi connectivity index (χ0n) is 13.0. The topological polar surface area (TPSA) is 41.1 Å². The summed E-state index contributed by atoms with van der Waals surface area (Å²) in [6, 6.07) is 0.383. The fourth-order valence-electron chi connectivity index (χ4n) is 3.79. The first kappa shape index (κ1) is 14.8. The first-order valence-electron chi connectivity index (χ1n) is 7.90. The maximum absolute atomic E-state index is 12.4. The van der Waals surface area contributed by atoms with E-state index in [4.69, 9.17) is 0 Å². The maximum atomic E-state index is 12.4. The fraction of sp³-hybridized carbons (Fsp3) is 0.938. The molecule has 2 fully saturated rings. The van der Waals surface area contributed by atoms with Crippen molar-refractivity contribution in [3.63, 3.8) is 0 Å². The van der Waals surface area contributed by atoms with E-state index in [9.17, 15) is 4.79 Å². The molecule has 0 spiro atoms. The van der Waals surface area contributed by atoms with E-state index in [1.54, 1.807) is 0 Å². The fourth-order valence-corrected chi connectivity index (χ4v) is 3.79. The minimum atomic E-state index is 0.169. The van der Waals surface area contributed by atoms with Gasteiger partial charge in [0.1, 0.15) is 0 Å². The number of hydrogen-bond donors (Lipinski definition) is 2. The highest BCUT2D eigenvalue weighted by Crippen LogP contribution is 2.38. The monoisotopic (exact) mass is 266 g/mol. The summed E-state index contributed by atoms with van der Waals surface area (Å²) in [5, 5.41) is 6.69. The predicted molar refractivity (Wildman–Crippen MR) is 78.9 cm³/mol. The normalized spacial score (nSPS) is 36.2. The highest BCUT2D eigenvalue weighted by Gasteiger charge is 2.37. The first-order valence-corrected chi connectivity index (χ1v) is 7.90. The van der Waals surface area contributed by atoms with Crippen molar-refractivity contribution in [3.05, 3.63) is 0 Å². The molecule has 19 heavy (non-hydrogen) atoms. The van der Waals surface area contributed by atoms with Crippen molar-refractivity contribution in [2.24, 2.45) is 23.2 Å². The van der Waals surface area contributed by atoms with E-state index in [0.29, 0.717) is 17.9 Å². The van der Waals surface area contributed by atoms with Crippen LogP contribution < -0.4 is 10.6 Å². The molecular weight excluding hydrogens is 236 g/mol. The number of hydrogen-bond acceptors (Lipinski definition) is 2. The van der Waals surface area contributed by atoms with Crippen LogP contribution in [0.15, 0.2) is 0 Å². The molecule has 3 heteroatoms. The van der Waals surface area contributed by atoms with Crippen molar-refractivity contribution in [1.82, 2.24) is 10.6 Å². The summed E-state index contributed by atoms with van der Waals surface area (Å²) in [6.07, 6.45) is 4.99. The lowest BCUT2D eigenvalue weighted by molar-refractivity contribution is -0.127. The molecule has 110 valence electrons. The predicted octanol–water partition coefficient (Wildman–Crippen LogP) is 2.56. The number of nitrogens with one attached hydrogen (secondary N) is 2. The van der Waals surface area contributed by atoms with Gasteiger partial charge in [-0.2, -0.15) is 0 Å². The van der Waals surface area contributed by atoms with Crippen molar-refractivity contribution in [3.8, 4) is 0 Å². The molecule has 0 aromatic rings. The molecule has 3 nitrogen and oxygen atoms in total. The minimum Gasteiger partial charge on any atom is -0.353 e. The molecule has 1 saturated carbocycles. The van der Waals surface area contributed by atoms with Crippen LogP contribution >= 0.6 is 0 Å². The Morgan fingerprint density at radius 1 is 1.16 bits per heavy atom. The number of amides is 1. The Kier molecular flexibility index (Phi) is 4.54. The summed E-state index contributed by atoms with van der Waals surface area (Å²) in [6.45, 7) is 10.9. The third-order valence-corrected chi connectivity index (χ3v) is 5.06. The first-order chi connectivity index (χ1) is 8.89. The summed E-state index contributed by atoms with van der Waals surface area (Å²) in [4.78, 5) is 12.4. The number of rotatable bonds is 2. The van der Waals surface area contributed by atoms with Gasteiger partial charge in [-0.15, -0.1) is 0 Å². The quantitative estimate of drug-likeness (QED) is 0.806. The third-order valence-electron chi connectivity index (χ3n) is 5.06. The van der Waals surface area contributed by atoms with E-state index < -0.39 is 0 Å². The molecule has 1 saturated heterocycles. The number of carbonyl (C=O) groups excluding carboxylic acids is 1. The zero-order chi connectivity index (χ0) is 14.0. The van der Waals surface area contributed by atoms with Crippen LogP contribution in [0, 0.1) is 23.2 Å². The van der Waals surface area contributed by atoms with E-state index in [1.165, 1.54) is 19.3 Å². The Hall–Kier alpha value is -0.570. The molecule has 2 N–H and O–H groups in total. The van der Waals surface area contributed by atoms with Gasteiger partial charge in [-0.1, -0.05) is 40.5 Å². The van der Waals surface area contributed by atoms with Gasteiger partial charge in [-0.3, -0.25) is 4.79 Å². The Balaban J connectivity index is 1.97. The average molecular weight is 266 g/mol. The van der Waals surface area contributed by atoms with Crippen LogP contribution in [-0.2, 0) is 4.79 Å². The van der Waals surface area contributed by atoms with Gasteiger partial charge in [0.2, 0.25) is 5.91 Å². The third kappa shape index (κ3) is 3.50. The van der Waals surface area contributed by atoms with Gasteiger partial charge >= 0.3 is 0 Å².